The van der Waals surface area contributed by atoms with Crippen molar-refractivity contribution in [3.05, 3.63) is 88.9 Å². The Kier molecular flexibility index (Phi) is 7.16. The van der Waals surface area contributed by atoms with E-state index in [1.807, 2.05) is 56.3 Å². The zero-order valence-corrected chi connectivity index (χ0v) is 23.3. The molecule has 10 heteroatoms. The minimum Gasteiger partial charge on any atom is -0.477 e. The Morgan fingerprint density at radius 3 is 2.37 bits per heavy atom. The van der Waals surface area contributed by atoms with Gasteiger partial charge in [0.15, 0.2) is 5.58 Å². The Morgan fingerprint density at radius 2 is 1.76 bits per heavy atom. The largest absolute Gasteiger partial charge is 0.477 e. The van der Waals surface area contributed by atoms with Gasteiger partial charge in [-0.15, -0.1) is 11.3 Å². The van der Waals surface area contributed by atoms with Crippen molar-refractivity contribution in [2.45, 2.75) is 19.9 Å². The van der Waals surface area contributed by atoms with Crippen LogP contribution in [0.4, 0.5) is 5.69 Å². The number of hydrogen-bond acceptors (Lipinski definition) is 6. The van der Waals surface area contributed by atoms with Gasteiger partial charge in [-0.25, -0.2) is 4.79 Å². The molecule has 0 spiro atoms. The Bertz CT molecular complexity index is 1630. The van der Waals surface area contributed by atoms with E-state index in [-0.39, 0.29) is 10.9 Å². The van der Waals surface area contributed by atoms with Crippen molar-refractivity contribution in [1.82, 2.24) is 4.98 Å². The molecule has 5 aromatic rings. The molecule has 0 saturated carbocycles. The van der Waals surface area contributed by atoms with Crippen LogP contribution in [-0.2, 0) is 9.09 Å². The van der Waals surface area contributed by atoms with E-state index in [1.54, 1.807) is 41.2 Å². The molecular weight excluding hydrogens is 543 g/mol. The van der Waals surface area contributed by atoms with Crippen molar-refractivity contribution in [3.63, 3.8) is 0 Å². The summed E-state index contributed by atoms with van der Waals surface area (Å²) in [5, 5.41) is 11.0. The third-order valence-electron chi connectivity index (χ3n) is 6.07. The quantitative estimate of drug-likeness (QED) is 0.190. The second kappa shape index (κ2) is 10.4. The van der Waals surface area contributed by atoms with Crippen LogP contribution < -0.4 is 9.97 Å². The third kappa shape index (κ3) is 4.76. The van der Waals surface area contributed by atoms with Gasteiger partial charge in [0.1, 0.15) is 16.2 Å². The zero-order chi connectivity index (χ0) is 27.0. The summed E-state index contributed by atoms with van der Waals surface area (Å²) in [6, 6.07) is 21.2. The maximum Gasteiger partial charge on any atom is 0.348 e. The molecule has 0 saturated heterocycles. The number of carboxylic acids is 1. The van der Waals surface area contributed by atoms with Crippen LogP contribution in [0.3, 0.4) is 0 Å². The van der Waals surface area contributed by atoms with Gasteiger partial charge in [0.25, 0.3) is 0 Å². The third-order valence-corrected chi connectivity index (χ3v) is 10.2. The summed E-state index contributed by atoms with van der Waals surface area (Å²) in [6.07, 6.45) is 1.72. The Labute approximate surface area is 228 Å². The first kappa shape index (κ1) is 26.2. The molecule has 2 aromatic carbocycles. The maximum absolute atomic E-state index is 14.3. The molecule has 1 N–H and O–H groups in total. The van der Waals surface area contributed by atoms with Gasteiger partial charge >= 0.3 is 13.5 Å². The van der Waals surface area contributed by atoms with Crippen molar-refractivity contribution in [3.8, 4) is 21.8 Å². The van der Waals surface area contributed by atoms with Crippen molar-refractivity contribution in [2.24, 2.45) is 0 Å². The number of halogens is 1. The molecule has 3 aromatic heterocycles. The average molecular weight is 567 g/mol. The molecule has 0 bridgehead atoms. The number of hydrogen-bond donors (Lipinski definition) is 1. The predicted octanol–water partition coefficient (Wildman–Crippen LogP) is 7.95. The SMILES string of the molecule is COP(=O)(c1ccc(Cl)cc1)N(c1cc(-c2ccc(-c3cc4ncccc4o3)cc2)sc1C(=O)O)C(C)C. The van der Waals surface area contributed by atoms with Gasteiger partial charge in [-0.3, -0.25) is 14.2 Å². The van der Waals surface area contributed by atoms with E-state index in [1.165, 1.54) is 7.11 Å². The molecule has 5 rings (SSSR count). The van der Waals surface area contributed by atoms with Gasteiger partial charge in [0.2, 0.25) is 0 Å². The van der Waals surface area contributed by atoms with Gasteiger partial charge in [-0.2, -0.15) is 0 Å². The first-order chi connectivity index (χ1) is 18.2. The predicted molar refractivity (Wildman–Crippen MR) is 153 cm³/mol. The summed E-state index contributed by atoms with van der Waals surface area (Å²) in [6.45, 7) is 3.70. The van der Waals surface area contributed by atoms with Gasteiger partial charge < -0.3 is 14.0 Å². The fourth-order valence-corrected chi connectivity index (χ4v) is 7.73. The number of anilines is 1. The van der Waals surface area contributed by atoms with Crippen molar-refractivity contribution >= 4 is 58.5 Å². The lowest BCUT2D eigenvalue weighted by molar-refractivity contribution is 0.0703. The summed E-state index contributed by atoms with van der Waals surface area (Å²) in [7, 11) is -2.30. The van der Waals surface area contributed by atoms with E-state index < -0.39 is 13.5 Å². The van der Waals surface area contributed by atoms with Gasteiger partial charge in [-0.05, 0) is 61.9 Å². The van der Waals surface area contributed by atoms with Crippen molar-refractivity contribution < 1.29 is 23.4 Å². The molecule has 0 aliphatic rings. The van der Waals surface area contributed by atoms with E-state index >= 15 is 0 Å². The van der Waals surface area contributed by atoms with Crippen LogP contribution in [0.25, 0.3) is 32.9 Å². The topological polar surface area (TPSA) is 92.9 Å². The summed E-state index contributed by atoms with van der Waals surface area (Å²) in [5.41, 5.74) is 3.51. The molecule has 0 aliphatic carbocycles. The fraction of sp³-hybridized carbons (Fsp3) is 0.143. The molecule has 3 heterocycles. The standard InChI is InChI=1S/C28H24ClN2O5PS/c1-17(2)31(37(34,35-3)21-12-10-20(29)11-13-21)23-16-26(38-27(23)28(32)33)19-8-6-18(7-9-19)25-15-22-24(36-25)5-4-14-30-22/h4-17H,1-3H3,(H,32,33). The number of fused-ring (bicyclic) bond motifs is 1. The summed E-state index contributed by atoms with van der Waals surface area (Å²) in [4.78, 5) is 17.4. The number of aromatic carboxylic acids is 1. The van der Waals surface area contributed by atoms with Crippen molar-refractivity contribution in [1.29, 1.82) is 0 Å². The Hall–Kier alpha value is -3.42. The number of benzene rings is 2. The zero-order valence-electron chi connectivity index (χ0n) is 20.8. The Morgan fingerprint density at radius 1 is 1.08 bits per heavy atom. The number of rotatable bonds is 8. The molecule has 38 heavy (non-hydrogen) atoms. The average Bonchev–Trinajstić information content (AvgIpc) is 3.54. The van der Waals surface area contributed by atoms with Crippen LogP contribution >= 0.6 is 30.5 Å². The molecule has 0 amide bonds. The lowest BCUT2D eigenvalue weighted by atomic mass is 10.1. The minimum absolute atomic E-state index is 0.0763. The van der Waals surface area contributed by atoms with Gasteiger partial charge in [0, 0.05) is 40.9 Å². The lowest BCUT2D eigenvalue weighted by Gasteiger charge is -2.35. The van der Waals surface area contributed by atoms with Crippen LogP contribution in [0.5, 0.6) is 0 Å². The van der Waals surface area contributed by atoms with E-state index in [9.17, 15) is 14.5 Å². The highest BCUT2D eigenvalue weighted by molar-refractivity contribution is 7.68. The fourth-order valence-electron chi connectivity index (χ4n) is 4.33. The van der Waals surface area contributed by atoms with E-state index in [2.05, 4.69) is 4.98 Å². The number of furan rings is 1. The first-order valence-electron chi connectivity index (χ1n) is 11.8. The van der Waals surface area contributed by atoms with Gasteiger partial charge in [0.05, 0.1) is 11.0 Å². The highest BCUT2D eigenvalue weighted by atomic mass is 35.5. The number of thiophene rings is 1. The molecular formula is C28H24ClN2O5PS. The number of pyridine rings is 1. The van der Waals surface area contributed by atoms with Gasteiger partial charge in [-0.1, -0.05) is 35.9 Å². The summed E-state index contributed by atoms with van der Waals surface area (Å²) >= 11 is 7.17. The lowest BCUT2D eigenvalue weighted by Crippen LogP contribution is -2.33. The number of aromatic nitrogens is 1. The van der Waals surface area contributed by atoms with E-state index in [4.69, 9.17) is 20.5 Å². The number of carbonyl (C=O) groups is 1. The maximum atomic E-state index is 14.3. The second-order valence-corrected chi connectivity index (χ2v) is 12.7. The number of carboxylic acid groups (broad SMARTS) is 1. The van der Waals surface area contributed by atoms with Crippen LogP contribution in [-0.4, -0.2) is 29.2 Å². The molecule has 0 fully saturated rings. The van der Waals surface area contributed by atoms with Crippen LogP contribution in [0.1, 0.15) is 23.5 Å². The minimum atomic E-state index is -3.67. The van der Waals surface area contributed by atoms with E-state index in [0.717, 1.165) is 32.9 Å². The summed E-state index contributed by atoms with van der Waals surface area (Å²) in [5.74, 6) is -0.412. The molecule has 0 aliphatic heterocycles. The van der Waals surface area contributed by atoms with Crippen LogP contribution in [0, 0.1) is 0 Å². The Balaban J connectivity index is 1.56. The van der Waals surface area contributed by atoms with Crippen molar-refractivity contribution in [2.75, 3.05) is 11.8 Å². The molecule has 7 nitrogen and oxygen atoms in total. The van der Waals surface area contributed by atoms with Crippen LogP contribution in [0.2, 0.25) is 5.02 Å². The highest BCUT2D eigenvalue weighted by Crippen LogP contribution is 2.55. The first-order valence-corrected chi connectivity index (χ1v) is 14.5. The second-order valence-electron chi connectivity index (χ2n) is 8.82. The normalized spacial score (nSPS) is 13.1. The summed E-state index contributed by atoms with van der Waals surface area (Å²) < 4.78 is 27.4. The van der Waals surface area contributed by atoms with Crippen LogP contribution in [0.15, 0.2) is 83.4 Å². The molecule has 194 valence electrons. The highest BCUT2D eigenvalue weighted by Gasteiger charge is 2.38. The molecule has 1 unspecified atom stereocenters. The smallest absolute Gasteiger partial charge is 0.348 e. The van der Waals surface area contributed by atoms with E-state index in [0.29, 0.717) is 27.4 Å². The monoisotopic (exact) mass is 566 g/mol. The number of nitrogens with zero attached hydrogens (tertiary/aromatic N) is 2. The molecule has 1 atom stereocenters. The molecule has 0 radical (unpaired) electrons.